The van der Waals surface area contributed by atoms with E-state index >= 15 is 0 Å². The van der Waals surface area contributed by atoms with Gasteiger partial charge in [0.25, 0.3) is 0 Å². The molecule has 29 heavy (non-hydrogen) atoms. The van der Waals surface area contributed by atoms with Crippen molar-refractivity contribution in [1.82, 2.24) is 10.0 Å². The van der Waals surface area contributed by atoms with Gasteiger partial charge in [-0.2, -0.15) is 4.72 Å². The Morgan fingerprint density at radius 3 is 2.38 bits per heavy atom. The second kappa shape index (κ2) is 9.62. The van der Waals surface area contributed by atoms with Crippen LogP contribution < -0.4 is 15.8 Å². The summed E-state index contributed by atoms with van der Waals surface area (Å²) in [4.78, 5) is 23.8. The van der Waals surface area contributed by atoms with Crippen LogP contribution in [0.4, 0.5) is 4.39 Å². The van der Waals surface area contributed by atoms with Gasteiger partial charge in [-0.1, -0.05) is 24.3 Å². The Bertz CT molecular complexity index is 991. The van der Waals surface area contributed by atoms with Crippen molar-refractivity contribution in [3.8, 4) is 0 Å². The van der Waals surface area contributed by atoms with Gasteiger partial charge in [-0.15, -0.1) is 0 Å². The van der Waals surface area contributed by atoms with Crippen LogP contribution in [0.3, 0.4) is 0 Å². The third-order valence-electron chi connectivity index (χ3n) is 4.31. The highest BCUT2D eigenvalue weighted by atomic mass is 32.2. The van der Waals surface area contributed by atoms with Crippen molar-refractivity contribution < 1.29 is 22.4 Å². The first-order valence-corrected chi connectivity index (χ1v) is 10.5. The first-order chi connectivity index (χ1) is 13.6. The molecule has 0 fully saturated rings. The summed E-state index contributed by atoms with van der Waals surface area (Å²) in [5.74, 6) is -1.66. The van der Waals surface area contributed by atoms with Gasteiger partial charge in [0, 0.05) is 13.0 Å². The highest BCUT2D eigenvalue weighted by Crippen LogP contribution is 2.17. The molecule has 156 valence electrons. The minimum absolute atomic E-state index is 0.0629. The van der Waals surface area contributed by atoms with Gasteiger partial charge >= 0.3 is 0 Å². The molecule has 0 aromatic heterocycles. The standard InChI is InChI=1S/C20H24FN3O4S/c1-13-3-4-14(2)18(11-13)29(27,28)24-17(9-10-19(22)25)20(26)23-12-15-5-7-16(21)8-6-15/h3-8,11,17,24H,9-10,12H2,1-2H3,(H2,22,25)(H,23,26). The van der Waals surface area contributed by atoms with Crippen molar-refractivity contribution in [2.45, 2.75) is 44.2 Å². The maximum Gasteiger partial charge on any atom is 0.241 e. The molecule has 0 spiro atoms. The average molecular weight is 421 g/mol. The van der Waals surface area contributed by atoms with Crippen molar-refractivity contribution in [2.75, 3.05) is 0 Å². The van der Waals surface area contributed by atoms with E-state index in [1.807, 2.05) is 0 Å². The van der Waals surface area contributed by atoms with Crippen LogP contribution in [0.15, 0.2) is 47.4 Å². The van der Waals surface area contributed by atoms with E-state index < -0.39 is 33.7 Å². The third-order valence-corrected chi connectivity index (χ3v) is 5.92. The van der Waals surface area contributed by atoms with E-state index in [1.165, 1.54) is 30.3 Å². The topological polar surface area (TPSA) is 118 Å². The monoisotopic (exact) mass is 421 g/mol. The summed E-state index contributed by atoms with van der Waals surface area (Å²) in [6, 6.07) is 9.32. The second-order valence-corrected chi connectivity index (χ2v) is 8.47. The number of amides is 2. The molecule has 0 saturated heterocycles. The number of rotatable bonds is 9. The maximum absolute atomic E-state index is 13.0. The number of nitrogens with one attached hydrogen (secondary N) is 2. The van der Waals surface area contributed by atoms with Gasteiger partial charge in [0.15, 0.2) is 0 Å². The molecule has 0 bridgehead atoms. The highest BCUT2D eigenvalue weighted by molar-refractivity contribution is 7.89. The number of sulfonamides is 1. The molecule has 9 heteroatoms. The molecule has 0 aliphatic heterocycles. The predicted octanol–water partition coefficient (Wildman–Crippen LogP) is 1.67. The first kappa shape index (κ1) is 22.5. The van der Waals surface area contributed by atoms with Gasteiger partial charge in [0.1, 0.15) is 11.9 Å². The van der Waals surface area contributed by atoms with E-state index in [9.17, 15) is 22.4 Å². The largest absolute Gasteiger partial charge is 0.370 e. The normalized spacial score (nSPS) is 12.4. The second-order valence-electron chi connectivity index (χ2n) is 6.79. The minimum atomic E-state index is -4.01. The Kier molecular flexibility index (Phi) is 7.46. The number of nitrogens with two attached hydrogens (primary N) is 1. The Hall–Kier alpha value is -2.78. The Morgan fingerprint density at radius 2 is 1.76 bits per heavy atom. The van der Waals surface area contributed by atoms with Gasteiger partial charge in [0.2, 0.25) is 21.8 Å². The molecule has 0 heterocycles. The zero-order valence-corrected chi connectivity index (χ0v) is 17.1. The summed E-state index contributed by atoms with van der Waals surface area (Å²) in [6.07, 6.45) is -0.251. The fourth-order valence-corrected chi connectivity index (χ4v) is 4.25. The van der Waals surface area contributed by atoms with Crippen LogP contribution in [-0.2, 0) is 26.2 Å². The van der Waals surface area contributed by atoms with Crippen LogP contribution in [0, 0.1) is 19.7 Å². The lowest BCUT2D eigenvalue weighted by Crippen LogP contribution is -2.47. The molecule has 0 aliphatic carbocycles. The molecule has 4 N–H and O–H groups in total. The van der Waals surface area contributed by atoms with E-state index in [1.54, 1.807) is 26.0 Å². The lowest BCUT2D eigenvalue weighted by atomic mass is 10.1. The third kappa shape index (κ3) is 6.65. The first-order valence-electron chi connectivity index (χ1n) is 8.98. The fraction of sp³-hybridized carbons (Fsp3) is 0.300. The summed E-state index contributed by atoms with van der Waals surface area (Å²) in [5, 5.41) is 2.60. The lowest BCUT2D eigenvalue weighted by molar-refractivity contribution is -0.123. The molecule has 7 nitrogen and oxygen atoms in total. The van der Waals surface area contributed by atoms with Crippen LogP contribution in [0.2, 0.25) is 0 Å². The van der Waals surface area contributed by atoms with Crippen molar-refractivity contribution in [1.29, 1.82) is 0 Å². The number of hydrogen-bond donors (Lipinski definition) is 3. The molecule has 2 amide bonds. The van der Waals surface area contributed by atoms with Gasteiger partial charge in [-0.3, -0.25) is 9.59 Å². The number of primary amides is 1. The Balaban J connectivity index is 2.17. The van der Waals surface area contributed by atoms with Crippen molar-refractivity contribution >= 4 is 21.8 Å². The minimum Gasteiger partial charge on any atom is -0.370 e. The van der Waals surface area contributed by atoms with Gasteiger partial charge in [0.05, 0.1) is 4.90 Å². The van der Waals surface area contributed by atoms with E-state index in [0.717, 1.165) is 5.56 Å². The molecule has 0 radical (unpaired) electrons. The number of halogens is 1. The predicted molar refractivity (Wildman–Crippen MR) is 107 cm³/mol. The number of benzene rings is 2. The fourth-order valence-electron chi connectivity index (χ4n) is 2.69. The zero-order chi connectivity index (χ0) is 21.6. The molecular weight excluding hydrogens is 397 g/mol. The van der Waals surface area contributed by atoms with Crippen molar-refractivity contribution in [3.63, 3.8) is 0 Å². The molecule has 1 unspecified atom stereocenters. The zero-order valence-electron chi connectivity index (χ0n) is 16.2. The number of aryl methyl sites for hydroxylation is 2. The van der Waals surface area contributed by atoms with Crippen LogP contribution in [0.1, 0.15) is 29.5 Å². The SMILES string of the molecule is Cc1ccc(C)c(S(=O)(=O)NC(CCC(N)=O)C(=O)NCc2ccc(F)cc2)c1. The summed E-state index contributed by atoms with van der Waals surface area (Å²) in [7, 11) is -4.01. The molecular formula is C20H24FN3O4S. The molecule has 2 aromatic rings. The van der Waals surface area contributed by atoms with E-state index in [2.05, 4.69) is 10.0 Å². The molecule has 0 aliphatic rings. The molecule has 2 rings (SSSR count). The molecule has 1 atom stereocenters. The van der Waals surface area contributed by atoms with Crippen LogP contribution in [0.25, 0.3) is 0 Å². The van der Waals surface area contributed by atoms with Crippen molar-refractivity contribution in [3.05, 3.63) is 65.0 Å². The number of carbonyl (C=O) groups excluding carboxylic acids is 2. The summed E-state index contributed by atoms with van der Waals surface area (Å²) in [5.41, 5.74) is 7.09. The Labute approximate surface area is 169 Å². The van der Waals surface area contributed by atoms with E-state index in [-0.39, 0.29) is 24.3 Å². The quantitative estimate of drug-likeness (QED) is 0.571. The maximum atomic E-state index is 13.0. The van der Waals surface area contributed by atoms with Gasteiger partial charge in [-0.25, -0.2) is 12.8 Å². The van der Waals surface area contributed by atoms with E-state index in [0.29, 0.717) is 11.1 Å². The molecule has 0 saturated carbocycles. The van der Waals surface area contributed by atoms with Gasteiger partial charge in [-0.05, 0) is 55.2 Å². The smallest absolute Gasteiger partial charge is 0.241 e. The average Bonchev–Trinajstić information content (AvgIpc) is 2.66. The summed E-state index contributed by atoms with van der Waals surface area (Å²) >= 11 is 0. The summed E-state index contributed by atoms with van der Waals surface area (Å²) in [6.45, 7) is 3.50. The van der Waals surface area contributed by atoms with E-state index in [4.69, 9.17) is 5.73 Å². The Morgan fingerprint density at radius 1 is 1.10 bits per heavy atom. The number of hydrogen-bond acceptors (Lipinski definition) is 4. The summed E-state index contributed by atoms with van der Waals surface area (Å²) < 4.78 is 41.0. The number of carbonyl (C=O) groups is 2. The van der Waals surface area contributed by atoms with Crippen LogP contribution in [-0.4, -0.2) is 26.3 Å². The highest BCUT2D eigenvalue weighted by Gasteiger charge is 2.27. The molecule has 2 aromatic carbocycles. The van der Waals surface area contributed by atoms with Gasteiger partial charge < -0.3 is 11.1 Å². The van der Waals surface area contributed by atoms with Crippen molar-refractivity contribution in [2.24, 2.45) is 5.73 Å². The lowest BCUT2D eigenvalue weighted by Gasteiger charge is -2.19. The van der Waals surface area contributed by atoms with Crippen LogP contribution in [0.5, 0.6) is 0 Å². The van der Waals surface area contributed by atoms with Crippen LogP contribution >= 0.6 is 0 Å².